The fraction of sp³-hybridized carbons (Fsp3) is 0.0909. The van der Waals surface area contributed by atoms with Gasteiger partial charge in [-0.3, -0.25) is 9.59 Å². The van der Waals surface area contributed by atoms with E-state index in [9.17, 15) is 14.0 Å². The standard InChI is InChI=1S/C22H18ClFN2O3/c1-14-17(22(28)25-15-6-3-2-4-7-15)8-5-9-20(14)26-21(27)13-29-16-10-11-19(24)18(23)12-16/h2-12H,13H2,1H3,(H,25,28)(H,26,27). The Morgan fingerprint density at radius 3 is 2.48 bits per heavy atom. The van der Waals surface area contributed by atoms with Gasteiger partial charge in [0, 0.05) is 23.0 Å². The van der Waals surface area contributed by atoms with E-state index in [1.807, 2.05) is 18.2 Å². The molecule has 0 heterocycles. The van der Waals surface area contributed by atoms with Crippen LogP contribution in [0, 0.1) is 12.7 Å². The normalized spacial score (nSPS) is 10.3. The van der Waals surface area contributed by atoms with E-state index in [0.29, 0.717) is 22.5 Å². The third kappa shape index (κ3) is 5.33. The van der Waals surface area contributed by atoms with Crippen molar-refractivity contribution in [1.29, 1.82) is 0 Å². The quantitative estimate of drug-likeness (QED) is 0.594. The molecule has 5 nitrogen and oxygen atoms in total. The molecule has 3 aromatic carbocycles. The van der Waals surface area contributed by atoms with Crippen LogP contribution in [0.5, 0.6) is 5.75 Å². The van der Waals surface area contributed by atoms with Crippen LogP contribution in [0.3, 0.4) is 0 Å². The Labute approximate surface area is 172 Å². The first-order valence-electron chi connectivity index (χ1n) is 8.78. The van der Waals surface area contributed by atoms with Crippen LogP contribution < -0.4 is 15.4 Å². The Bertz CT molecular complexity index is 1040. The van der Waals surface area contributed by atoms with E-state index >= 15 is 0 Å². The SMILES string of the molecule is Cc1c(NC(=O)COc2ccc(F)c(Cl)c2)cccc1C(=O)Nc1ccccc1. The highest BCUT2D eigenvalue weighted by atomic mass is 35.5. The van der Waals surface area contributed by atoms with Gasteiger partial charge in [-0.15, -0.1) is 0 Å². The average Bonchev–Trinajstić information content (AvgIpc) is 2.71. The van der Waals surface area contributed by atoms with Crippen molar-refractivity contribution in [2.45, 2.75) is 6.92 Å². The van der Waals surface area contributed by atoms with Crippen LogP contribution in [0.25, 0.3) is 0 Å². The maximum Gasteiger partial charge on any atom is 0.262 e. The van der Waals surface area contributed by atoms with E-state index in [4.69, 9.17) is 16.3 Å². The van der Waals surface area contributed by atoms with Crippen molar-refractivity contribution >= 4 is 34.8 Å². The summed E-state index contributed by atoms with van der Waals surface area (Å²) in [6.45, 7) is 1.46. The van der Waals surface area contributed by atoms with Crippen molar-refractivity contribution < 1.29 is 18.7 Å². The topological polar surface area (TPSA) is 67.4 Å². The van der Waals surface area contributed by atoms with E-state index in [-0.39, 0.29) is 23.3 Å². The summed E-state index contributed by atoms with van der Waals surface area (Å²) in [6.07, 6.45) is 0. The summed E-state index contributed by atoms with van der Waals surface area (Å²) in [5.41, 5.74) is 2.24. The predicted octanol–water partition coefficient (Wildman–Crippen LogP) is 5.06. The molecule has 0 spiro atoms. The van der Waals surface area contributed by atoms with Crippen LogP contribution in [0.15, 0.2) is 66.7 Å². The summed E-state index contributed by atoms with van der Waals surface area (Å²) >= 11 is 5.69. The van der Waals surface area contributed by atoms with Crippen molar-refractivity contribution in [2.24, 2.45) is 0 Å². The van der Waals surface area contributed by atoms with Gasteiger partial charge in [0.1, 0.15) is 11.6 Å². The molecule has 0 aliphatic heterocycles. The third-order valence-electron chi connectivity index (χ3n) is 4.15. The molecule has 0 aromatic heterocycles. The molecule has 3 aromatic rings. The highest BCUT2D eigenvalue weighted by Crippen LogP contribution is 2.22. The van der Waals surface area contributed by atoms with E-state index < -0.39 is 11.7 Å². The molecule has 29 heavy (non-hydrogen) atoms. The molecule has 148 valence electrons. The minimum Gasteiger partial charge on any atom is -0.484 e. The number of benzene rings is 3. The zero-order valence-electron chi connectivity index (χ0n) is 15.5. The first-order valence-corrected chi connectivity index (χ1v) is 9.15. The number of rotatable bonds is 6. The van der Waals surface area contributed by atoms with Crippen molar-refractivity contribution in [3.05, 3.63) is 88.7 Å². The number of carbonyl (C=O) groups is 2. The summed E-state index contributed by atoms with van der Waals surface area (Å²) < 4.78 is 18.5. The third-order valence-corrected chi connectivity index (χ3v) is 4.43. The number of hydrogen-bond acceptors (Lipinski definition) is 3. The van der Waals surface area contributed by atoms with Gasteiger partial charge < -0.3 is 15.4 Å². The van der Waals surface area contributed by atoms with E-state index in [2.05, 4.69) is 10.6 Å². The van der Waals surface area contributed by atoms with Crippen molar-refractivity contribution in [3.63, 3.8) is 0 Å². The van der Waals surface area contributed by atoms with Crippen LogP contribution in [-0.2, 0) is 4.79 Å². The number of nitrogens with one attached hydrogen (secondary N) is 2. The molecule has 0 aliphatic carbocycles. The van der Waals surface area contributed by atoms with Gasteiger partial charge in [-0.25, -0.2) is 4.39 Å². The van der Waals surface area contributed by atoms with Crippen molar-refractivity contribution in [1.82, 2.24) is 0 Å². The number of anilines is 2. The molecule has 2 N–H and O–H groups in total. The molecule has 0 radical (unpaired) electrons. The Kier molecular flexibility index (Phi) is 6.46. The van der Waals surface area contributed by atoms with E-state index in [1.165, 1.54) is 12.1 Å². The summed E-state index contributed by atoms with van der Waals surface area (Å²) in [4.78, 5) is 24.8. The molecule has 7 heteroatoms. The van der Waals surface area contributed by atoms with Gasteiger partial charge in [-0.1, -0.05) is 35.9 Å². The van der Waals surface area contributed by atoms with Gasteiger partial charge in [0.25, 0.3) is 11.8 Å². The number of ether oxygens (including phenoxy) is 1. The van der Waals surface area contributed by atoms with Gasteiger partial charge in [0.2, 0.25) is 0 Å². The molecule has 0 atom stereocenters. The van der Waals surface area contributed by atoms with Gasteiger partial charge >= 0.3 is 0 Å². The monoisotopic (exact) mass is 412 g/mol. The lowest BCUT2D eigenvalue weighted by atomic mass is 10.1. The number of carbonyl (C=O) groups excluding carboxylic acids is 2. The van der Waals surface area contributed by atoms with Crippen LogP contribution in [-0.4, -0.2) is 18.4 Å². The minimum absolute atomic E-state index is 0.0871. The Morgan fingerprint density at radius 1 is 1.00 bits per heavy atom. The molecule has 0 bridgehead atoms. The zero-order valence-corrected chi connectivity index (χ0v) is 16.3. The second kappa shape index (κ2) is 9.21. The van der Waals surface area contributed by atoms with Gasteiger partial charge in [-0.2, -0.15) is 0 Å². The van der Waals surface area contributed by atoms with Gasteiger partial charge in [0.15, 0.2) is 6.61 Å². The molecule has 2 amide bonds. The predicted molar refractivity (Wildman–Crippen MR) is 111 cm³/mol. The second-order valence-corrected chi connectivity index (χ2v) is 6.62. The zero-order chi connectivity index (χ0) is 20.8. The minimum atomic E-state index is -0.565. The average molecular weight is 413 g/mol. The lowest BCUT2D eigenvalue weighted by Gasteiger charge is -2.13. The van der Waals surface area contributed by atoms with Crippen LogP contribution in [0.4, 0.5) is 15.8 Å². The van der Waals surface area contributed by atoms with Crippen LogP contribution in [0.2, 0.25) is 5.02 Å². The maximum atomic E-state index is 13.2. The molecule has 0 saturated heterocycles. The lowest BCUT2D eigenvalue weighted by molar-refractivity contribution is -0.118. The summed E-state index contributed by atoms with van der Waals surface area (Å²) in [6, 6.07) is 18.0. The summed E-state index contributed by atoms with van der Waals surface area (Å²) in [5.74, 6) is -0.986. The maximum absolute atomic E-state index is 13.2. The first kappa shape index (κ1) is 20.4. The molecule has 3 rings (SSSR count). The smallest absolute Gasteiger partial charge is 0.262 e. The Balaban J connectivity index is 1.64. The number of hydrogen-bond donors (Lipinski definition) is 2. The molecular weight excluding hydrogens is 395 g/mol. The van der Waals surface area contributed by atoms with Crippen molar-refractivity contribution in [3.8, 4) is 5.75 Å². The largest absolute Gasteiger partial charge is 0.484 e. The van der Waals surface area contributed by atoms with E-state index in [0.717, 1.165) is 6.07 Å². The molecule has 0 aliphatic rings. The van der Waals surface area contributed by atoms with Crippen LogP contribution in [0.1, 0.15) is 15.9 Å². The number of amides is 2. The fourth-order valence-electron chi connectivity index (χ4n) is 2.64. The molecule has 0 saturated carbocycles. The summed E-state index contributed by atoms with van der Waals surface area (Å²) in [5, 5.41) is 5.44. The molecule has 0 fully saturated rings. The Morgan fingerprint density at radius 2 is 1.76 bits per heavy atom. The number of halogens is 2. The van der Waals surface area contributed by atoms with Gasteiger partial charge in [0.05, 0.1) is 5.02 Å². The second-order valence-electron chi connectivity index (χ2n) is 6.21. The summed E-state index contributed by atoms with van der Waals surface area (Å²) in [7, 11) is 0. The lowest BCUT2D eigenvalue weighted by Crippen LogP contribution is -2.21. The Hall–Kier alpha value is -3.38. The van der Waals surface area contributed by atoms with E-state index in [1.54, 1.807) is 37.3 Å². The first-order chi connectivity index (χ1) is 13.9. The van der Waals surface area contributed by atoms with Crippen LogP contribution >= 0.6 is 11.6 Å². The number of para-hydroxylation sites is 1. The van der Waals surface area contributed by atoms with Crippen molar-refractivity contribution in [2.75, 3.05) is 17.2 Å². The highest BCUT2D eigenvalue weighted by Gasteiger charge is 2.14. The van der Waals surface area contributed by atoms with Gasteiger partial charge in [-0.05, 0) is 48.9 Å². The highest BCUT2D eigenvalue weighted by molar-refractivity contribution is 6.30. The fourth-order valence-corrected chi connectivity index (χ4v) is 2.81. The molecular formula is C22H18ClFN2O3. The molecule has 0 unspecified atom stereocenters.